The molecule has 4 heteroatoms. The van der Waals surface area contributed by atoms with Gasteiger partial charge in [0.15, 0.2) is 5.78 Å². The number of rotatable bonds is 4. The molecule has 0 amide bonds. The van der Waals surface area contributed by atoms with Crippen molar-refractivity contribution in [2.45, 2.75) is 18.7 Å². The van der Waals surface area contributed by atoms with Crippen LogP contribution in [0.1, 0.15) is 21.5 Å². The number of hydrogen-bond acceptors (Lipinski definition) is 4. The molecular formula is C15H16N2OS. The van der Waals surface area contributed by atoms with Crippen LogP contribution in [0.5, 0.6) is 0 Å². The van der Waals surface area contributed by atoms with Gasteiger partial charge in [-0.1, -0.05) is 18.2 Å². The number of benzene rings is 1. The monoisotopic (exact) mass is 272 g/mol. The smallest absolute Gasteiger partial charge is 0.176 e. The number of thioether (sulfide) groups is 1. The number of nitrogen functional groups attached to an aromatic ring is 1. The summed E-state index contributed by atoms with van der Waals surface area (Å²) in [6, 6.07) is 9.82. The van der Waals surface area contributed by atoms with E-state index in [0.717, 1.165) is 10.5 Å². The van der Waals surface area contributed by atoms with E-state index in [4.69, 9.17) is 5.73 Å². The van der Waals surface area contributed by atoms with Gasteiger partial charge in [0.2, 0.25) is 0 Å². The maximum absolute atomic E-state index is 12.2. The molecule has 0 aliphatic rings. The molecule has 0 saturated heterocycles. The highest BCUT2D eigenvalue weighted by Crippen LogP contribution is 2.23. The number of ketones is 1. The topological polar surface area (TPSA) is 56.0 Å². The Kier molecular flexibility index (Phi) is 4.22. The molecule has 1 heterocycles. The first kappa shape index (κ1) is 13.6. The van der Waals surface area contributed by atoms with Crippen molar-refractivity contribution in [1.82, 2.24) is 4.98 Å². The Labute approximate surface area is 117 Å². The second-order valence-electron chi connectivity index (χ2n) is 4.42. The molecule has 0 bridgehead atoms. The summed E-state index contributed by atoms with van der Waals surface area (Å²) >= 11 is 1.53. The lowest BCUT2D eigenvalue weighted by molar-refractivity contribution is 0.102. The third-order valence-electron chi connectivity index (χ3n) is 2.81. The zero-order valence-corrected chi connectivity index (χ0v) is 11.8. The molecule has 0 atom stereocenters. The van der Waals surface area contributed by atoms with E-state index in [1.165, 1.54) is 17.3 Å². The molecule has 0 fully saturated rings. The Morgan fingerprint density at radius 1 is 1.32 bits per heavy atom. The molecule has 1 aromatic heterocycles. The predicted molar refractivity (Wildman–Crippen MR) is 79.6 cm³/mol. The number of Topliss-reactive ketones (excluding diaryl/α,β-unsaturated/α-hetero) is 1. The fourth-order valence-corrected chi connectivity index (χ4v) is 2.66. The minimum atomic E-state index is 0.0157. The van der Waals surface area contributed by atoms with Gasteiger partial charge >= 0.3 is 0 Å². The van der Waals surface area contributed by atoms with Crippen LogP contribution in [0.25, 0.3) is 0 Å². The summed E-state index contributed by atoms with van der Waals surface area (Å²) in [5.74, 6) is 0.697. The Morgan fingerprint density at radius 3 is 2.79 bits per heavy atom. The van der Waals surface area contributed by atoms with Crippen molar-refractivity contribution >= 4 is 23.4 Å². The number of carbonyl (C=O) groups is 1. The van der Waals surface area contributed by atoms with Crippen molar-refractivity contribution in [1.29, 1.82) is 0 Å². The zero-order valence-electron chi connectivity index (χ0n) is 11.0. The number of anilines is 1. The lowest BCUT2D eigenvalue weighted by atomic mass is 10.1. The van der Waals surface area contributed by atoms with Gasteiger partial charge in [-0.2, -0.15) is 0 Å². The number of nitrogens with zero attached hydrogens (tertiary/aromatic N) is 1. The predicted octanol–water partition coefficient (Wildman–Crippen LogP) is 3.26. The van der Waals surface area contributed by atoms with Crippen LogP contribution >= 0.6 is 11.8 Å². The molecule has 2 rings (SSSR count). The normalized spacial score (nSPS) is 10.4. The Morgan fingerprint density at radius 2 is 2.05 bits per heavy atom. The molecule has 2 aromatic rings. The Bertz CT molecular complexity index is 611. The van der Waals surface area contributed by atoms with E-state index in [9.17, 15) is 4.79 Å². The number of aryl methyl sites for hydroxylation is 2. The summed E-state index contributed by atoms with van der Waals surface area (Å²) < 4.78 is 0. The second-order valence-corrected chi connectivity index (χ2v) is 5.44. The average Bonchev–Trinajstić information content (AvgIpc) is 2.40. The average molecular weight is 272 g/mol. The van der Waals surface area contributed by atoms with Crippen LogP contribution in [0.3, 0.4) is 0 Å². The van der Waals surface area contributed by atoms with Gasteiger partial charge < -0.3 is 5.73 Å². The molecule has 19 heavy (non-hydrogen) atoms. The first-order valence-electron chi connectivity index (χ1n) is 6.01. The van der Waals surface area contributed by atoms with Crippen LogP contribution in [0.4, 0.5) is 5.82 Å². The fourth-order valence-electron chi connectivity index (χ4n) is 1.74. The van der Waals surface area contributed by atoms with Crippen molar-refractivity contribution in [3.63, 3.8) is 0 Å². The van der Waals surface area contributed by atoms with Crippen LogP contribution in [0.15, 0.2) is 41.4 Å². The van der Waals surface area contributed by atoms with Gasteiger partial charge in [0, 0.05) is 11.1 Å². The summed E-state index contributed by atoms with van der Waals surface area (Å²) in [7, 11) is 0. The molecular weight excluding hydrogens is 256 g/mol. The van der Waals surface area contributed by atoms with Crippen molar-refractivity contribution in [3.8, 4) is 0 Å². The van der Waals surface area contributed by atoms with Crippen LogP contribution in [-0.2, 0) is 0 Å². The van der Waals surface area contributed by atoms with Crippen molar-refractivity contribution < 1.29 is 4.79 Å². The van der Waals surface area contributed by atoms with Crippen molar-refractivity contribution in [3.05, 3.63) is 53.2 Å². The summed E-state index contributed by atoms with van der Waals surface area (Å²) in [6.45, 7) is 3.94. The van der Waals surface area contributed by atoms with Gasteiger partial charge in [-0.15, -0.1) is 11.8 Å². The van der Waals surface area contributed by atoms with E-state index < -0.39 is 0 Å². The van der Waals surface area contributed by atoms with Gasteiger partial charge in [-0.25, -0.2) is 4.98 Å². The van der Waals surface area contributed by atoms with Gasteiger partial charge in [-0.05, 0) is 37.1 Å². The van der Waals surface area contributed by atoms with E-state index in [0.29, 0.717) is 17.1 Å². The van der Waals surface area contributed by atoms with Gasteiger partial charge in [0.1, 0.15) is 5.82 Å². The summed E-state index contributed by atoms with van der Waals surface area (Å²) in [4.78, 5) is 17.3. The quantitative estimate of drug-likeness (QED) is 0.685. The molecule has 0 unspecified atom stereocenters. The van der Waals surface area contributed by atoms with Crippen LogP contribution in [-0.4, -0.2) is 16.5 Å². The Hall–Kier alpha value is -1.81. The van der Waals surface area contributed by atoms with Crippen molar-refractivity contribution in [2.75, 3.05) is 11.5 Å². The maximum atomic E-state index is 12.2. The summed E-state index contributed by atoms with van der Waals surface area (Å²) in [5, 5.41) is 0. The van der Waals surface area contributed by atoms with Crippen LogP contribution < -0.4 is 5.73 Å². The number of nitrogens with two attached hydrogens (primary N) is 1. The molecule has 0 aliphatic carbocycles. The first-order valence-corrected chi connectivity index (χ1v) is 7.00. The minimum absolute atomic E-state index is 0.0157. The standard InChI is InChI=1S/C15H16N2OS/c1-10-7-12(15(16)17-8-10)13(18)9-19-14-6-4-3-5-11(14)2/h3-8H,9H2,1-2H3,(H2,16,17). The van der Waals surface area contributed by atoms with E-state index in [1.54, 1.807) is 12.3 Å². The molecule has 98 valence electrons. The van der Waals surface area contributed by atoms with Crippen LogP contribution in [0.2, 0.25) is 0 Å². The number of aromatic nitrogens is 1. The van der Waals surface area contributed by atoms with E-state index in [1.807, 2.05) is 38.1 Å². The fraction of sp³-hybridized carbons (Fsp3) is 0.200. The second kappa shape index (κ2) is 5.89. The van der Waals surface area contributed by atoms with Crippen LogP contribution in [0, 0.1) is 13.8 Å². The van der Waals surface area contributed by atoms with Gasteiger partial charge in [0.05, 0.1) is 11.3 Å². The lowest BCUT2D eigenvalue weighted by Gasteiger charge is -2.06. The third-order valence-corrected chi connectivity index (χ3v) is 3.98. The third kappa shape index (κ3) is 3.35. The molecule has 0 aliphatic heterocycles. The largest absolute Gasteiger partial charge is 0.383 e. The maximum Gasteiger partial charge on any atom is 0.176 e. The lowest BCUT2D eigenvalue weighted by Crippen LogP contribution is -2.08. The molecule has 2 N–H and O–H groups in total. The van der Waals surface area contributed by atoms with E-state index in [2.05, 4.69) is 4.98 Å². The van der Waals surface area contributed by atoms with Gasteiger partial charge in [0.25, 0.3) is 0 Å². The first-order chi connectivity index (χ1) is 9.08. The Balaban J connectivity index is 2.10. The summed E-state index contributed by atoms with van der Waals surface area (Å²) in [5.41, 5.74) is 8.38. The zero-order chi connectivity index (χ0) is 13.8. The molecule has 0 spiro atoms. The van der Waals surface area contributed by atoms with Gasteiger partial charge in [-0.3, -0.25) is 4.79 Å². The van der Waals surface area contributed by atoms with E-state index in [-0.39, 0.29) is 5.78 Å². The van der Waals surface area contributed by atoms with E-state index >= 15 is 0 Å². The number of carbonyl (C=O) groups excluding carboxylic acids is 1. The number of pyridine rings is 1. The summed E-state index contributed by atoms with van der Waals surface area (Å²) in [6.07, 6.45) is 1.67. The highest BCUT2D eigenvalue weighted by atomic mass is 32.2. The highest BCUT2D eigenvalue weighted by Gasteiger charge is 2.12. The molecule has 1 aromatic carbocycles. The molecule has 0 saturated carbocycles. The number of hydrogen-bond donors (Lipinski definition) is 1. The molecule has 3 nitrogen and oxygen atoms in total. The van der Waals surface area contributed by atoms with Crippen molar-refractivity contribution in [2.24, 2.45) is 0 Å². The highest BCUT2D eigenvalue weighted by molar-refractivity contribution is 8.00. The minimum Gasteiger partial charge on any atom is -0.383 e. The SMILES string of the molecule is Cc1cnc(N)c(C(=O)CSc2ccccc2C)c1. The molecule has 0 radical (unpaired) electrons.